The first-order valence-corrected chi connectivity index (χ1v) is 10.3. The second kappa shape index (κ2) is 7.12. The van der Waals surface area contributed by atoms with E-state index in [2.05, 4.69) is 4.98 Å². The second-order valence-corrected chi connectivity index (χ2v) is 8.03. The molecule has 0 saturated carbocycles. The number of hydrogen-bond acceptors (Lipinski definition) is 4. The van der Waals surface area contributed by atoms with E-state index in [1.165, 1.54) is 18.2 Å². The molecule has 144 valence electrons. The van der Waals surface area contributed by atoms with Crippen LogP contribution < -0.4 is 5.14 Å². The molecule has 0 fully saturated rings. The molecule has 7 heteroatoms. The summed E-state index contributed by atoms with van der Waals surface area (Å²) in [5.41, 5.74) is 2.69. The van der Waals surface area contributed by atoms with Crippen LogP contribution in [0.5, 0.6) is 0 Å². The molecule has 0 amide bonds. The number of benzene rings is 3. The average molecular weight is 404 g/mol. The zero-order valence-corrected chi connectivity index (χ0v) is 15.9. The lowest BCUT2D eigenvalue weighted by molar-refractivity contribution is 0.0699. The largest absolute Gasteiger partial charge is 0.478 e. The molecule has 0 saturated heterocycles. The van der Waals surface area contributed by atoms with Gasteiger partial charge in [0.15, 0.2) is 0 Å². The standard InChI is InChI=1S/C22H16N2O4S/c23-29(27,28)16-11-12-18-17(13-16)20(22(25)26)19(14-7-3-1-4-8-14)21(24-18)15-9-5-2-6-10-15/h1-13H,(H,25,26)(H2,23,27,28). The highest BCUT2D eigenvalue weighted by atomic mass is 32.2. The Labute approximate surface area is 167 Å². The summed E-state index contributed by atoms with van der Waals surface area (Å²) < 4.78 is 23.6. The molecular formula is C22H16N2O4S. The number of carboxylic acids is 1. The first-order valence-electron chi connectivity index (χ1n) is 8.71. The van der Waals surface area contributed by atoms with Gasteiger partial charge in [-0.2, -0.15) is 0 Å². The van der Waals surface area contributed by atoms with Gasteiger partial charge in [0.2, 0.25) is 10.0 Å². The fraction of sp³-hybridized carbons (Fsp3) is 0. The zero-order valence-electron chi connectivity index (χ0n) is 15.1. The summed E-state index contributed by atoms with van der Waals surface area (Å²) in [5.74, 6) is -1.18. The third-order valence-electron chi connectivity index (χ3n) is 4.61. The number of carboxylic acid groups (broad SMARTS) is 1. The van der Waals surface area contributed by atoms with Crippen molar-refractivity contribution in [3.63, 3.8) is 0 Å². The minimum absolute atomic E-state index is 0.0226. The van der Waals surface area contributed by atoms with Gasteiger partial charge < -0.3 is 5.11 Å². The number of fused-ring (bicyclic) bond motifs is 1. The van der Waals surface area contributed by atoms with E-state index in [1.807, 2.05) is 36.4 Å². The topological polar surface area (TPSA) is 110 Å². The van der Waals surface area contributed by atoms with Crippen LogP contribution in [0.1, 0.15) is 10.4 Å². The van der Waals surface area contributed by atoms with Gasteiger partial charge in [-0.1, -0.05) is 60.7 Å². The van der Waals surface area contributed by atoms with Gasteiger partial charge in [0.05, 0.1) is 21.7 Å². The van der Waals surface area contributed by atoms with Gasteiger partial charge in [0.1, 0.15) is 0 Å². The first kappa shape index (κ1) is 18.8. The van der Waals surface area contributed by atoms with Gasteiger partial charge in [0.25, 0.3) is 0 Å². The molecule has 3 aromatic carbocycles. The van der Waals surface area contributed by atoms with Gasteiger partial charge in [-0.3, -0.25) is 0 Å². The predicted molar refractivity (Wildman–Crippen MR) is 111 cm³/mol. The summed E-state index contributed by atoms with van der Waals surface area (Å²) in [6, 6.07) is 22.4. The van der Waals surface area contributed by atoms with E-state index in [9.17, 15) is 18.3 Å². The van der Waals surface area contributed by atoms with Gasteiger partial charge in [0, 0.05) is 16.5 Å². The molecule has 1 heterocycles. The number of rotatable bonds is 4. The number of nitrogens with two attached hydrogens (primary N) is 1. The Balaban J connectivity index is 2.20. The lowest BCUT2D eigenvalue weighted by Gasteiger charge is -2.16. The van der Waals surface area contributed by atoms with Crippen LogP contribution in [0.15, 0.2) is 83.8 Å². The fourth-order valence-corrected chi connectivity index (χ4v) is 3.87. The van der Waals surface area contributed by atoms with Crippen LogP contribution in [-0.2, 0) is 10.0 Å². The van der Waals surface area contributed by atoms with E-state index in [0.717, 1.165) is 5.56 Å². The maximum absolute atomic E-state index is 12.3. The molecule has 4 rings (SSSR count). The van der Waals surface area contributed by atoms with Crippen molar-refractivity contribution in [2.75, 3.05) is 0 Å². The summed E-state index contributed by atoms with van der Waals surface area (Å²) in [5, 5.41) is 15.5. The van der Waals surface area contributed by atoms with Crippen molar-refractivity contribution in [2.45, 2.75) is 4.90 Å². The van der Waals surface area contributed by atoms with E-state index >= 15 is 0 Å². The molecule has 3 N–H and O–H groups in total. The molecular weight excluding hydrogens is 388 g/mol. The normalized spacial score (nSPS) is 11.5. The minimum atomic E-state index is -4.00. The molecule has 0 aliphatic heterocycles. The number of primary sulfonamides is 1. The van der Waals surface area contributed by atoms with Gasteiger partial charge >= 0.3 is 5.97 Å². The van der Waals surface area contributed by atoms with Gasteiger partial charge in [-0.25, -0.2) is 23.3 Å². The molecule has 1 aromatic heterocycles. The SMILES string of the molecule is NS(=O)(=O)c1ccc2nc(-c3ccccc3)c(-c3ccccc3)c(C(=O)O)c2c1. The number of pyridine rings is 1. The molecule has 0 atom stereocenters. The van der Waals surface area contributed by atoms with Crippen molar-refractivity contribution in [1.82, 2.24) is 4.98 Å². The quantitative estimate of drug-likeness (QED) is 0.536. The third-order valence-corrected chi connectivity index (χ3v) is 5.52. The fourth-order valence-electron chi connectivity index (χ4n) is 3.33. The molecule has 0 spiro atoms. The molecule has 0 aliphatic rings. The predicted octanol–water partition coefficient (Wildman–Crippen LogP) is 3.91. The smallest absolute Gasteiger partial charge is 0.337 e. The van der Waals surface area contributed by atoms with E-state index in [-0.39, 0.29) is 15.8 Å². The maximum atomic E-state index is 12.3. The van der Waals surface area contributed by atoms with Crippen LogP contribution in [0.2, 0.25) is 0 Å². The van der Waals surface area contributed by atoms with E-state index in [1.54, 1.807) is 24.3 Å². The highest BCUT2D eigenvalue weighted by Crippen LogP contribution is 2.38. The zero-order chi connectivity index (χ0) is 20.6. The van der Waals surface area contributed by atoms with Gasteiger partial charge in [-0.15, -0.1) is 0 Å². The number of aromatic carboxylic acids is 1. The van der Waals surface area contributed by atoms with Crippen molar-refractivity contribution in [3.8, 4) is 22.4 Å². The Kier molecular flexibility index (Phi) is 4.62. The van der Waals surface area contributed by atoms with E-state index in [4.69, 9.17) is 5.14 Å². The summed E-state index contributed by atoms with van der Waals surface area (Å²) in [6.07, 6.45) is 0. The first-order chi connectivity index (χ1) is 13.9. The molecule has 0 aliphatic carbocycles. The Morgan fingerprint density at radius 1 is 0.862 bits per heavy atom. The summed E-state index contributed by atoms with van der Waals surface area (Å²) in [7, 11) is -4.00. The lowest BCUT2D eigenvalue weighted by atomic mass is 9.92. The number of hydrogen-bond donors (Lipinski definition) is 2. The number of carbonyl (C=O) groups is 1. The second-order valence-electron chi connectivity index (χ2n) is 6.47. The average Bonchev–Trinajstić information content (AvgIpc) is 2.72. The highest BCUT2D eigenvalue weighted by Gasteiger charge is 2.23. The van der Waals surface area contributed by atoms with Crippen LogP contribution >= 0.6 is 0 Å². The molecule has 0 bridgehead atoms. The highest BCUT2D eigenvalue weighted by molar-refractivity contribution is 7.89. The molecule has 0 radical (unpaired) electrons. The molecule has 29 heavy (non-hydrogen) atoms. The minimum Gasteiger partial charge on any atom is -0.478 e. The summed E-state index contributed by atoms with van der Waals surface area (Å²) in [4.78, 5) is 16.9. The molecule has 6 nitrogen and oxygen atoms in total. The molecule has 4 aromatic rings. The monoisotopic (exact) mass is 404 g/mol. The Hall–Kier alpha value is -3.55. The summed E-state index contributed by atoms with van der Waals surface area (Å²) >= 11 is 0. The van der Waals surface area contributed by atoms with Crippen LogP contribution in [0.3, 0.4) is 0 Å². The number of aromatic nitrogens is 1. The Morgan fingerprint density at radius 2 is 1.45 bits per heavy atom. The Morgan fingerprint density at radius 3 is 2.00 bits per heavy atom. The molecule has 0 unspecified atom stereocenters. The lowest BCUT2D eigenvalue weighted by Crippen LogP contribution is -2.12. The number of nitrogens with zero attached hydrogens (tertiary/aromatic N) is 1. The third kappa shape index (κ3) is 3.49. The van der Waals surface area contributed by atoms with Crippen molar-refractivity contribution < 1.29 is 18.3 Å². The maximum Gasteiger partial charge on any atom is 0.337 e. The van der Waals surface area contributed by atoms with Crippen LogP contribution in [0.25, 0.3) is 33.3 Å². The van der Waals surface area contributed by atoms with Crippen LogP contribution in [0.4, 0.5) is 0 Å². The van der Waals surface area contributed by atoms with Crippen LogP contribution in [0, 0.1) is 0 Å². The van der Waals surface area contributed by atoms with Gasteiger partial charge in [-0.05, 0) is 23.8 Å². The van der Waals surface area contributed by atoms with Crippen molar-refractivity contribution >= 4 is 26.9 Å². The van der Waals surface area contributed by atoms with Crippen molar-refractivity contribution in [1.29, 1.82) is 0 Å². The van der Waals surface area contributed by atoms with Crippen molar-refractivity contribution in [3.05, 3.63) is 84.4 Å². The van der Waals surface area contributed by atoms with E-state index in [0.29, 0.717) is 22.3 Å². The van der Waals surface area contributed by atoms with E-state index < -0.39 is 16.0 Å². The number of sulfonamides is 1. The van der Waals surface area contributed by atoms with Crippen LogP contribution in [-0.4, -0.2) is 24.5 Å². The van der Waals surface area contributed by atoms with Crippen molar-refractivity contribution in [2.24, 2.45) is 5.14 Å². The Bertz CT molecular complexity index is 1340. The summed E-state index contributed by atoms with van der Waals surface area (Å²) in [6.45, 7) is 0.